The quantitative estimate of drug-likeness (QED) is 0.709. The first-order valence-corrected chi connectivity index (χ1v) is 5.97. The number of nitrogens with two attached hydrogens (primary N) is 1. The molecule has 0 fully saturated rings. The van der Waals surface area contributed by atoms with Crippen LogP contribution in [-0.2, 0) is 6.42 Å². The Hall–Kier alpha value is -2.80. The first kappa shape index (κ1) is 11.3. The molecule has 0 aliphatic rings. The summed E-state index contributed by atoms with van der Waals surface area (Å²) in [5.41, 5.74) is 10.3. The normalized spacial score (nSPS) is 10.5. The lowest BCUT2D eigenvalue weighted by Gasteiger charge is -2.08. The number of aromatic nitrogens is 2. The molecule has 0 radical (unpaired) electrons. The van der Waals surface area contributed by atoms with Gasteiger partial charge in [0.1, 0.15) is 6.33 Å². The summed E-state index contributed by atoms with van der Waals surface area (Å²) in [6, 6.07) is 15.8. The van der Waals surface area contributed by atoms with Gasteiger partial charge in [-0.25, -0.2) is 4.98 Å². The van der Waals surface area contributed by atoms with Crippen LogP contribution in [0.1, 0.15) is 5.56 Å². The Morgan fingerprint density at radius 2 is 2.05 bits per heavy atom. The van der Waals surface area contributed by atoms with Crippen LogP contribution in [-0.4, -0.2) is 9.55 Å². The number of fused-ring (bicyclic) bond motifs is 1. The predicted molar refractivity (Wildman–Crippen MR) is 74.8 cm³/mol. The lowest BCUT2D eigenvalue weighted by atomic mass is 10.1. The highest BCUT2D eigenvalue weighted by molar-refractivity contribution is 5.77. The minimum Gasteiger partial charge on any atom is -0.398 e. The Labute approximate surface area is 110 Å². The van der Waals surface area contributed by atoms with Crippen molar-refractivity contribution in [1.82, 2.24) is 9.55 Å². The van der Waals surface area contributed by atoms with Crippen molar-refractivity contribution in [2.24, 2.45) is 0 Å². The van der Waals surface area contributed by atoms with Gasteiger partial charge in [0.25, 0.3) is 0 Å². The largest absolute Gasteiger partial charge is 0.398 e. The van der Waals surface area contributed by atoms with Crippen molar-refractivity contribution >= 4 is 16.7 Å². The van der Waals surface area contributed by atoms with E-state index in [4.69, 9.17) is 11.0 Å². The summed E-state index contributed by atoms with van der Waals surface area (Å²) in [6.07, 6.45) is 2.10. The zero-order valence-corrected chi connectivity index (χ0v) is 10.2. The molecule has 2 N–H and O–H groups in total. The van der Waals surface area contributed by atoms with Gasteiger partial charge >= 0.3 is 0 Å². The maximum absolute atomic E-state index is 8.81. The van der Waals surface area contributed by atoms with Crippen LogP contribution >= 0.6 is 0 Å². The fourth-order valence-electron chi connectivity index (χ4n) is 2.15. The number of hydrogen-bond acceptors (Lipinski definition) is 3. The Morgan fingerprint density at radius 3 is 2.89 bits per heavy atom. The Balaban J connectivity index is 2.17. The van der Waals surface area contributed by atoms with Gasteiger partial charge in [0.05, 0.1) is 23.5 Å². The number of nitriles is 1. The highest BCUT2D eigenvalue weighted by Crippen LogP contribution is 2.21. The van der Waals surface area contributed by atoms with E-state index in [2.05, 4.69) is 11.1 Å². The van der Waals surface area contributed by atoms with E-state index < -0.39 is 0 Å². The molecule has 4 nitrogen and oxygen atoms in total. The molecular formula is C15H12N4. The molecule has 0 amide bonds. The highest BCUT2D eigenvalue weighted by atomic mass is 15.0. The van der Waals surface area contributed by atoms with Crippen LogP contribution in [0.25, 0.3) is 16.7 Å². The lowest BCUT2D eigenvalue weighted by Crippen LogP contribution is -1.98. The van der Waals surface area contributed by atoms with Crippen LogP contribution in [0.2, 0.25) is 0 Å². The van der Waals surface area contributed by atoms with Crippen LogP contribution in [0.3, 0.4) is 0 Å². The second kappa shape index (κ2) is 4.46. The van der Waals surface area contributed by atoms with Crippen molar-refractivity contribution in [1.29, 1.82) is 5.26 Å². The fraction of sp³-hybridized carbons (Fsp3) is 0.0667. The van der Waals surface area contributed by atoms with E-state index in [1.165, 1.54) is 0 Å². The summed E-state index contributed by atoms with van der Waals surface area (Å²) in [4.78, 5) is 4.36. The average molecular weight is 248 g/mol. The molecule has 4 heteroatoms. The number of para-hydroxylation sites is 2. The number of hydrogen-bond donors (Lipinski definition) is 1. The SMILES string of the molecule is N#CCc1cc(-n2cnc3ccccc32)ccc1N. The third-order valence-corrected chi connectivity index (χ3v) is 3.13. The molecule has 0 aliphatic heterocycles. The second-order valence-corrected chi connectivity index (χ2v) is 4.32. The molecule has 0 bridgehead atoms. The highest BCUT2D eigenvalue weighted by Gasteiger charge is 2.06. The van der Waals surface area contributed by atoms with Gasteiger partial charge in [0.2, 0.25) is 0 Å². The van der Waals surface area contributed by atoms with Gasteiger partial charge in [0.15, 0.2) is 0 Å². The molecular weight excluding hydrogens is 236 g/mol. The third kappa shape index (κ3) is 1.91. The molecule has 3 aromatic rings. The lowest BCUT2D eigenvalue weighted by molar-refractivity contribution is 1.08. The summed E-state index contributed by atoms with van der Waals surface area (Å²) in [5, 5.41) is 8.81. The zero-order valence-electron chi connectivity index (χ0n) is 10.2. The molecule has 3 rings (SSSR count). The second-order valence-electron chi connectivity index (χ2n) is 4.32. The van der Waals surface area contributed by atoms with Crippen LogP contribution in [0.5, 0.6) is 0 Å². The Morgan fingerprint density at radius 1 is 1.21 bits per heavy atom. The summed E-state index contributed by atoms with van der Waals surface area (Å²) in [6.45, 7) is 0. The molecule has 2 aromatic carbocycles. The molecule has 0 aliphatic carbocycles. The first-order valence-electron chi connectivity index (χ1n) is 5.97. The van der Waals surface area contributed by atoms with Gasteiger partial charge in [0, 0.05) is 11.4 Å². The van der Waals surface area contributed by atoms with Gasteiger partial charge in [-0.05, 0) is 35.9 Å². The van der Waals surface area contributed by atoms with E-state index in [1.54, 1.807) is 6.33 Å². The van der Waals surface area contributed by atoms with Gasteiger partial charge in [-0.1, -0.05) is 12.1 Å². The summed E-state index contributed by atoms with van der Waals surface area (Å²) < 4.78 is 2.00. The van der Waals surface area contributed by atoms with Crippen LogP contribution in [0.4, 0.5) is 5.69 Å². The molecule has 19 heavy (non-hydrogen) atoms. The molecule has 1 heterocycles. The smallest absolute Gasteiger partial charge is 0.100 e. The fourth-order valence-corrected chi connectivity index (χ4v) is 2.15. The molecule has 0 saturated heterocycles. The van der Waals surface area contributed by atoms with Gasteiger partial charge < -0.3 is 5.73 Å². The Bertz CT molecular complexity index is 780. The molecule has 1 aromatic heterocycles. The van der Waals surface area contributed by atoms with Crippen molar-refractivity contribution in [3.05, 3.63) is 54.4 Å². The topological polar surface area (TPSA) is 67.6 Å². The van der Waals surface area contributed by atoms with Crippen molar-refractivity contribution in [2.45, 2.75) is 6.42 Å². The summed E-state index contributed by atoms with van der Waals surface area (Å²) in [5.74, 6) is 0. The number of nitrogen functional groups attached to an aromatic ring is 1. The van der Waals surface area contributed by atoms with Gasteiger partial charge in [-0.2, -0.15) is 5.26 Å². The number of nitrogens with zero attached hydrogens (tertiary/aromatic N) is 3. The average Bonchev–Trinajstić information content (AvgIpc) is 2.85. The monoisotopic (exact) mass is 248 g/mol. The maximum Gasteiger partial charge on any atom is 0.100 e. The van der Waals surface area contributed by atoms with Gasteiger partial charge in [-0.3, -0.25) is 4.57 Å². The zero-order chi connectivity index (χ0) is 13.2. The van der Waals surface area contributed by atoms with Crippen molar-refractivity contribution < 1.29 is 0 Å². The maximum atomic E-state index is 8.81. The molecule has 0 unspecified atom stereocenters. The number of rotatable bonds is 2. The molecule has 0 spiro atoms. The van der Waals surface area contributed by atoms with Crippen molar-refractivity contribution in [2.75, 3.05) is 5.73 Å². The molecule has 0 saturated carbocycles. The Kier molecular flexibility index (Phi) is 2.66. The number of benzene rings is 2. The van der Waals surface area contributed by atoms with Gasteiger partial charge in [-0.15, -0.1) is 0 Å². The molecule has 92 valence electrons. The summed E-state index contributed by atoms with van der Waals surface area (Å²) in [7, 11) is 0. The van der Waals surface area contributed by atoms with E-state index in [0.29, 0.717) is 12.1 Å². The van der Waals surface area contributed by atoms with Crippen LogP contribution in [0.15, 0.2) is 48.8 Å². The third-order valence-electron chi connectivity index (χ3n) is 3.13. The minimum atomic E-state index is 0.312. The van der Waals surface area contributed by atoms with Crippen LogP contribution in [0, 0.1) is 11.3 Å². The standard InChI is InChI=1S/C15H12N4/c16-8-7-11-9-12(5-6-13(11)17)19-10-18-14-3-1-2-4-15(14)19/h1-6,9-10H,7,17H2. The first-order chi connectivity index (χ1) is 9.29. The van der Waals surface area contributed by atoms with E-state index in [1.807, 2.05) is 47.0 Å². The number of anilines is 1. The van der Waals surface area contributed by atoms with E-state index in [0.717, 1.165) is 22.3 Å². The van der Waals surface area contributed by atoms with Crippen molar-refractivity contribution in [3.63, 3.8) is 0 Å². The minimum absolute atomic E-state index is 0.312. The predicted octanol–water partition coefficient (Wildman–Crippen LogP) is 2.67. The van der Waals surface area contributed by atoms with E-state index in [-0.39, 0.29) is 0 Å². The van der Waals surface area contributed by atoms with Crippen molar-refractivity contribution in [3.8, 4) is 11.8 Å². The van der Waals surface area contributed by atoms with E-state index >= 15 is 0 Å². The molecule has 0 atom stereocenters. The van der Waals surface area contributed by atoms with E-state index in [9.17, 15) is 0 Å². The summed E-state index contributed by atoms with van der Waals surface area (Å²) >= 11 is 0. The van der Waals surface area contributed by atoms with Crippen LogP contribution < -0.4 is 5.73 Å². The number of imidazole rings is 1.